The summed E-state index contributed by atoms with van der Waals surface area (Å²) in [6, 6.07) is 20.6. The van der Waals surface area contributed by atoms with Crippen molar-refractivity contribution in [2.45, 2.75) is 19.0 Å². The van der Waals surface area contributed by atoms with Gasteiger partial charge in [-0.2, -0.15) is 0 Å². The molecule has 1 N–H and O–H groups in total. The van der Waals surface area contributed by atoms with E-state index in [1.807, 2.05) is 30.3 Å². The van der Waals surface area contributed by atoms with Gasteiger partial charge in [0.1, 0.15) is 5.75 Å². The van der Waals surface area contributed by atoms with Crippen LogP contribution < -0.4 is 10.1 Å². The third-order valence-corrected chi connectivity index (χ3v) is 6.14. The number of likely N-dealkylation sites (tertiary alicyclic amines) is 1. The van der Waals surface area contributed by atoms with E-state index in [9.17, 15) is 4.79 Å². The first kappa shape index (κ1) is 19.2. The summed E-state index contributed by atoms with van der Waals surface area (Å²) in [6.45, 7) is 2.78. The summed E-state index contributed by atoms with van der Waals surface area (Å²) in [5, 5.41) is 5.29. The van der Waals surface area contributed by atoms with Crippen molar-refractivity contribution < 1.29 is 9.53 Å². The van der Waals surface area contributed by atoms with E-state index in [-0.39, 0.29) is 11.9 Å². The molecule has 0 bridgehead atoms. The van der Waals surface area contributed by atoms with E-state index < -0.39 is 0 Å². The highest BCUT2D eigenvalue weighted by Crippen LogP contribution is 2.33. The van der Waals surface area contributed by atoms with Gasteiger partial charge in [0.2, 0.25) is 0 Å². The van der Waals surface area contributed by atoms with Crippen molar-refractivity contribution in [1.29, 1.82) is 0 Å². The number of rotatable bonds is 5. The lowest BCUT2D eigenvalue weighted by Crippen LogP contribution is -2.37. The van der Waals surface area contributed by atoms with Crippen LogP contribution in [-0.2, 0) is 6.54 Å². The number of amides is 1. The first-order valence-electron chi connectivity index (χ1n) is 9.48. The van der Waals surface area contributed by atoms with E-state index in [2.05, 4.69) is 63.1 Å². The van der Waals surface area contributed by atoms with Gasteiger partial charge in [0.15, 0.2) is 0 Å². The summed E-state index contributed by atoms with van der Waals surface area (Å²) in [4.78, 5) is 15.4. The Kier molecular flexibility index (Phi) is 5.82. The van der Waals surface area contributed by atoms with Gasteiger partial charge in [0.25, 0.3) is 5.91 Å². The fourth-order valence-corrected chi connectivity index (χ4v) is 4.67. The fraction of sp³-hybridized carbons (Fsp3) is 0.261. The molecule has 28 heavy (non-hydrogen) atoms. The summed E-state index contributed by atoms with van der Waals surface area (Å²) < 4.78 is 6.68. The topological polar surface area (TPSA) is 41.6 Å². The molecule has 5 heteroatoms. The van der Waals surface area contributed by atoms with Gasteiger partial charge in [-0.05, 0) is 46.0 Å². The maximum atomic E-state index is 13.0. The van der Waals surface area contributed by atoms with E-state index in [0.29, 0.717) is 11.3 Å². The Morgan fingerprint density at radius 3 is 2.61 bits per heavy atom. The molecule has 0 saturated carbocycles. The standard InChI is InChI=1S/C23H23IN2O2/c1-28-22-19-10-6-5-9-18(19)21(24)13-20(22)23(27)25-17-11-12-26(15-17)14-16-7-3-2-4-8-16/h2-10,13,17H,11-12,14-15H2,1H3,(H,25,27)/t17-/m0/s1. The van der Waals surface area contributed by atoms with Crippen molar-refractivity contribution in [2.24, 2.45) is 0 Å². The van der Waals surface area contributed by atoms with Gasteiger partial charge in [-0.1, -0.05) is 54.6 Å². The Hall–Kier alpha value is -2.12. The number of carbonyl (C=O) groups excluding carboxylic acids is 1. The third kappa shape index (κ3) is 4.00. The van der Waals surface area contributed by atoms with Crippen LogP contribution in [0.25, 0.3) is 10.8 Å². The van der Waals surface area contributed by atoms with Gasteiger partial charge in [0.05, 0.1) is 12.7 Å². The van der Waals surface area contributed by atoms with Crippen LogP contribution in [0.15, 0.2) is 60.7 Å². The number of nitrogens with one attached hydrogen (secondary N) is 1. The van der Waals surface area contributed by atoms with E-state index in [1.54, 1.807) is 7.11 Å². The molecule has 1 aliphatic rings. The van der Waals surface area contributed by atoms with Crippen LogP contribution in [0.5, 0.6) is 5.75 Å². The molecule has 1 aliphatic heterocycles. The Balaban J connectivity index is 1.48. The summed E-state index contributed by atoms with van der Waals surface area (Å²) in [5.41, 5.74) is 1.91. The fourth-order valence-electron chi connectivity index (χ4n) is 3.89. The second-order valence-electron chi connectivity index (χ2n) is 7.16. The largest absolute Gasteiger partial charge is 0.495 e. The van der Waals surface area contributed by atoms with Crippen molar-refractivity contribution >= 4 is 39.3 Å². The molecule has 1 saturated heterocycles. The van der Waals surface area contributed by atoms with Gasteiger partial charge >= 0.3 is 0 Å². The maximum Gasteiger partial charge on any atom is 0.255 e. The lowest BCUT2D eigenvalue weighted by molar-refractivity contribution is 0.0935. The number of ether oxygens (including phenoxy) is 1. The first-order chi connectivity index (χ1) is 13.7. The molecule has 0 aliphatic carbocycles. The molecule has 1 atom stereocenters. The molecule has 0 unspecified atom stereocenters. The second-order valence-corrected chi connectivity index (χ2v) is 8.33. The molecule has 144 valence electrons. The molecule has 1 amide bonds. The number of benzene rings is 3. The SMILES string of the molecule is COc1c(C(=O)N[C@H]2CCN(Cc3ccccc3)C2)cc(I)c2ccccc12. The van der Waals surface area contributed by atoms with Crippen molar-refractivity contribution in [3.05, 3.63) is 75.4 Å². The highest BCUT2D eigenvalue weighted by atomic mass is 127. The van der Waals surface area contributed by atoms with Crippen molar-refractivity contribution in [1.82, 2.24) is 10.2 Å². The summed E-state index contributed by atoms with van der Waals surface area (Å²) >= 11 is 2.29. The monoisotopic (exact) mass is 486 g/mol. The molecule has 4 rings (SSSR count). The van der Waals surface area contributed by atoms with Gasteiger partial charge in [-0.25, -0.2) is 0 Å². The number of carbonyl (C=O) groups is 1. The second kappa shape index (κ2) is 8.49. The molecular formula is C23H23IN2O2. The normalized spacial score (nSPS) is 17.0. The van der Waals surface area contributed by atoms with Crippen LogP contribution in [0.2, 0.25) is 0 Å². The van der Waals surface area contributed by atoms with Crippen LogP contribution in [0.1, 0.15) is 22.3 Å². The molecule has 1 fully saturated rings. The predicted molar refractivity (Wildman–Crippen MR) is 121 cm³/mol. The predicted octanol–water partition coefficient (Wildman–Crippen LogP) is 4.46. The molecule has 0 aromatic heterocycles. The quantitative estimate of drug-likeness (QED) is 0.542. The summed E-state index contributed by atoms with van der Waals surface area (Å²) in [6.07, 6.45) is 0.964. The Morgan fingerprint density at radius 1 is 1.14 bits per heavy atom. The number of fused-ring (bicyclic) bond motifs is 1. The van der Waals surface area contributed by atoms with E-state index >= 15 is 0 Å². The number of nitrogens with zero attached hydrogens (tertiary/aromatic N) is 1. The van der Waals surface area contributed by atoms with Crippen molar-refractivity contribution in [3.63, 3.8) is 0 Å². The zero-order chi connectivity index (χ0) is 19.5. The smallest absolute Gasteiger partial charge is 0.255 e. The minimum atomic E-state index is -0.0629. The van der Waals surface area contributed by atoms with Gasteiger partial charge in [-0.15, -0.1) is 0 Å². The molecule has 0 radical (unpaired) electrons. The van der Waals surface area contributed by atoms with E-state index in [4.69, 9.17) is 4.74 Å². The number of halogens is 1. The lowest BCUT2D eigenvalue weighted by atomic mass is 10.0. The van der Waals surface area contributed by atoms with Crippen molar-refractivity contribution in [3.8, 4) is 5.75 Å². The van der Waals surface area contributed by atoms with Gasteiger partial charge in [-0.3, -0.25) is 9.69 Å². The van der Waals surface area contributed by atoms with Crippen LogP contribution in [0.4, 0.5) is 0 Å². The minimum Gasteiger partial charge on any atom is -0.495 e. The Morgan fingerprint density at radius 2 is 1.86 bits per heavy atom. The lowest BCUT2D eigenvalue weighted by Gasteiger charge is -2.18. The third-order valence-electron chi connectivity index (χ3n) is 5.25. The molecule has 4 nitrogen and oxygen atoms in total. The highest BCUT2D eigenvalue weighted by Gasteiger charge is 2.26. The van der Waals surface area contributed by atoms with Crippen LogP contribution in [0, 0.1) is 3.57 Å². The first-order valence-corrected chi connectivity index (χ1v) is 10.6. The Labute approximate surface area is 179 Å². The summed E-state index contributed by atoms with van der Waals surface area (Å²) in [7, 11) is 1.63. The summed E-state index contributed by atoms with van der Waals surface area (Å²) in [5.74, 6) is 0.583. The molecule has 1 heterocycles. The maximum absolute atomic E-state index is 13.0. The number of methoxy groups -OCH3 is 1. The van der Waals surface area contributed by atoms with E-state index in [0.717, 1.165) is 40.4 Å². The minimum absolute atomic E-state index is 0.0629. The highest BCUT2D eigenvalue weighted by molar-refractivity contribution is 14.1. The number of hydrogen-bond donors (Lipinski definition) is 1. The average molecular weight is 486 g/mol. The number of hydrogen-bond acceptors (Lipinski definition) is 3. The molecule has 3 aromatic rings. The molecule has 0 spiro atoms. The molecular weight excluding hydrogens is 463 g/mol. The Bertz CT molecular complexity index is 991. The zero-order valence-electron chi connectivity index (χ0n) is 15.8. The van der Waals surface area contributed by atoms with Crippen LogP contribution >= 0.6 is 22.6 Å². The van der Waals surface area contributed by atoms with Gasteiger partial charge in [0, 0.05) is 34.6 Å². The zero-order valence-corrected chi connectivity index (χ0v) is 18.0. The van der Waals surface area contributed by atoms with E-state index in [1.165, 1.54) is 5.56 Å². The van der Waals surface area contributed by atoms with Crippen molar-refractivity contribution in [2.75, 3.05) is 20.2 Å². The average Bonchev–Trinajstić information content (AvgIpc) is 3.15. The molecule has 3 aromatic carbocycles. The van der Waals surface area contributed by atoms with Gasteiger partial charge < -0.3 is 10.1 Å². The van der Waals surface area contributed by atoms with Crippen LogP contribution in [-0.4, -0.2) is 37.0 Å². The van der Waals surface area contributed by atoms with Crippen LogP contribution in [0.3, 0.4) is 0 Å².